The predicted octanol–water partition coefficient (Wildman–Crippen LogP) is 1.35. The minimum atomic E-state index is -0.393. The van der Waals surface area contributed by atoms with Gasteiger partial charge in [-0.25, -0.2) is 0 Å². The Morgan fingerprint density at radius 2 is 1.95 bits per heavy atom. The maximum atomic E-state index is 11.8. The van der Waals surface area contributed by atoms with Gasteiger partial charge in [0.25, 0.3) is 5.91 Å². The van der Waals surface area contributed by atoms with Crippen LogP contribution in [-0.2, 0) is 4.79 Å². The molecule has 0 saturated heterocycles. The molecule has 116 valence electrons. The van der Waals surface area contributed by atoms with Crippen LogP contribution in [0.2, 0.25) is 0 Å². The fourth-order valence-electron chi connectivity index (χ4n) is 1.77. The molecule has 2 aromatic rings. The number of nitrogens with one attached hydrogen (secondary N) is 1. The molecule has 0 atom stereocenters. The van der Waals surface area contributed by atoms with E-state index in [9.17, 15) is 10.0 Å². The van der Waals surface area contributed by atoms with E-state index in [1.807, 2.05) is 0 Å². The number of methoxy groups -OCH3 is 2. The van der Waals surface area contributed by atoms with E-state index in [0.717, 1.165) is 0 Å². The number of carbonyl (C=O) groups is 1. The molecule has 0 unspecified atom stereocenters. The molecule has 0 aliphatic heterocycles. The maximum absolute atomic E-state index is 11.8. The summed E-state index contributed by atoms with van der Waals surface area (Å²) >= 11 is 0. The summed E-state index contributed by atoms with van der Waals surface area (Å²) in [7, 11) is 3.04. The summed E-state index contributed by atoms with van der Waals surface area (Å²) in [6.07, 6.45) is 1.29. The van der Waals surface area contributed by atoms with Crippen LogP contribution in [0.3, 0.4) is 0 Å². The summed E-state index contributed by atoms with van der Waals surface area (Å²) in [5, 5.41) is 14.0. The van der Waals surface area contributed by atoms with Crippen LogP contribution in [0.5, 0.6) is 17.4 Å². The molecule has 2 rings (SSSR count). The van der Waals surface area contributed by atoms with E-state index in [0.29, 0.717) is 21.9 Å². The second-order valence-electron chi connectivity index (χ2n) is 4.27. The molecule has 0 aliphatic carbocycles. The lowest BCUT2D eigenvalue weighted by Crippen LogP contribution is -2.30. The minimum absolute atomic E-state index is 0.0601. The SMILES string of the molecule is COc1ccc(NC(=O)COc2cccc[n+]2[O-])cc1OC. The number of benzene rings is 1. The lowest BCUT2D eigenvalue weighted by Gasteiger charge is -2.11. The first kappa shape index (κ1) is 15.4. The van der Waals surface area contributed by atoms with Gasteiger partial charge in [0, 0.05) is 17.8 Å². The molecule has 0 fully saturated rings. The fourth-order valence-corrected chi connectivity index (χ4v) is 1.77. The Morgan fingerprint density at radius 1 is 1.18 bits per heavy atom. The Hall–Kier alpha value is -2.96. The number of pyridine rings is 1. The average Bonchev–Trinajstić information content (AvgIpc) is 2.54. The van der Waals surface area contributed by atoms with Crippen molar-refractivity contribution in [3.05, 3.63) is 47.8 Å². The number of amides is 1. The van der Waals surface area contributed by atoms with E-state index < -0.39 is 5.91 Å². The number of ether oxygens (including phenoxy) is 3. The first-order chi connectivity index (χ1) is 10.6. The molecular formula is C15H16N2O5. The van der Waals surface area contributed by atoms with E-state index in [1.54, 1.807) is 30.3 Å². The number of hydrogen-bond donors (Lipinski definition) is 1. The molecule has 0 aliphatic rings. The number of hydrogen-bond acceptors (Lipinski definition) is 5. The van der Waals surface area contributed by atoms with Gasteiger partial charge in [-0.05, 0) is 18.2 Å². The molecule has 22 heavy (non-hydrogen) atoms. The van der Waals surface area contributed by atoms with E-state index in [-0.39, 0.29) is 12.5 Å². The topological polar surface area (TPSA) is 83.7 Å². The predicted molar refractivity (Wildman–Crippen MR) is 79.1 cm³/mol. The monoisotopic (exact) mass is 304 g/mol. The molecule has 1 aromatic carbocycles. The van der Waals surface area contributed by atoms with Crippen LogP contribution in [0.1, 0.15) is 0 Å². The molecule has 1 heterocycles. The first-order valence-corrected chi connectivity index (χ1v) is 6.47. The summed E-state index contributed by atoms with van der Waals surface area (Å²) in [5.41, 5.74) is 0.536. The Labute approximate surface area is 127 Å². The van der Waals surface area contributed by atoms with Gasteiger partial charge in [-0.1, -0.05) is 0 Å². The van der Waals surface area contributed by atoms with Gasteiger partial charge in [-0.2, -0.15) is 0 Å². The minimum Gasteiger partial charge on any atom is -0.616 e. The molecule has 0 saturated carbocycles. The Morgan fingerprint density at radius 3 is 2.64 bits per heavy atom. The van der Waals surface area contributed by atoms with Crippen molar-refractivity contribution in [1.82, 2.24) is 0 Å². The van der Waals surface area contributed by atoms with Gasteiger partial charge >= 0.3 is 5.88 Å². The first-order valence-electron chi connectivity index (χ1n) is 6.47. The van der Waals surface area contributed by atoms with Gasteiger partial charge in [-0.3, -0.25) is 4.79 Å². The lowest BCUT2D eigenvalue weighted by atomic mass is 10.2. The zero-order valence-corrected chi connectivity index (χ0v) is 12.2. The van der Waals surface area contributed by atoms with E-state index in [1.165, 1.54) is 26.5 Å². The van der Waals surface area contributed by atoms with Crippen LogP contribution in [0.25, 0.3) is 0 Å². The van der Waals surface area contributed by atoms with Crippen molar-refractivity contribution in [2.24, 2.45) is 0 Å². The zero-order valence-electron chi connectivity index (χ0n) is 12.2. The van der Waals surface area contributed by atoms with Crippen LogP contribution in [-0.4, -0.2) is 26.7 Å². The van der Waals surface area contributed by atoms with Crippen LogP contribution in [0.15, 0.2) is 42.6 Å². The van der Waals surface area contributed by atoms with E-state index >= 15 is 0 Å². The highest BCUT2D eigenvalue weighted by Gasteiger charge is 2.10. The molecule has 0 radical (unpaired) electrons. The van der Waals surface area contributed by atoms with Gasteiger partial charge in [-0.15, -0.1) is 4.73 Å². The molecular weight excluding hydrogens is 288 g/mol. The van der Waals surface area contributed by atoms with Gasteiger partial charge in [0.1, 0.15) is 0 Å². The third-order valence-corrected chi connectivity index (χ3v) is 2.81. The Kier molecular flexibility index (Phi) is 5.02. The molecule has 0 spiro atoms. The van der Waals surface area contributed by atoms with Gasteiger partial charge in [0.2, 0.25) is 0 Å². The number of nitrogens with zero attached hydrogens (tertiary/aromatic N) is 1. The normalized spacial score (nSPS) is 9.91. The third-order valence-electron chi connectivity index (χ3n) is 2.81. The third kappa shape index (κ3) is 3.78. The van der Waals surface area contributed by atoms with Crippen molar-refractivity contribution >= 4 is 11.6 Å². The Bertz CT molecular complexity index is 660. The van der Waals surface area contributed by atoms with Crippen molar-refractivity contribution in [2.75, 3.05) is 26.1 Å². The highest BCUT2D eigenvalue weighted by atomic mass is 16.6. The van der Waals surface area contributed by atoms with Gasteiger partial charge < -0.3 is 24.7 Å². The number of carbonyl (C=O) groups excluding carboxylic acids is 1. The lowest BCUT2D eigenvalue weighted by molar-refractivity contribution is -0.612. The molecule has 1 amide bonds. The van der Waals surface area contributed by atoms with Crippen LogP contribution >= 0.6 is 0 Å². The summed E-state index contributed by atoms with van der Waals surface area (Å²) in [5.74, 6) is 0.733. The standard InChI is InChI=1S/C15H16N2O5/c1-20-12-7-6-11(9-13(12)21-2)16-14(18)10-22-15-5-3-4-8-17(15)19/h3-9H,10H2,1-2H3,(H,16,18). The summed E-state index contributed by atoms with van der Waals surface area (Å²) in [6.45, 7) is -0.277. The van der Waals surface area contributed by atoms with E-state index in [2.05, 4.69) is 5.32 Å². The molecule has 1 N–H and O–H groups in total. The number of rotatable bonds is 6. The van der Waals surface area contributed by atoms with Crippen LogP contribution < -0.4 is 24.3 Å². The van der Waals surface area contributed by atoms with Gasteiger partial charge in [0.05, 0.1) is 20.3 Å². The maximum Gasteiger partial charge on any atom is 0.379 e. The van der Waals surface area contributed by atoms with Crippen molar-refractivity contribution in [3.63, 3.8) is 0 Å². The quantitative estimate of drug-likeness (QED) is 0.643. The van der Waals surface area contributed by atoms with Crippen LogP contribution in [0, 0.1) is 5.21 Å². The highest BCUT2D eigenvalue weighted by molar-refractivity contribution is 5.92. The molecule has 1 aromatic heterocycles. The van der Waals surface area contributed by atoms with E-state index in [4.69, 9.17) is 14.2 Å². The van der Waals surface area contributed by atoms with Crippen molar-refractivity contribution < 1.29 is 23.7 Å². The van der Waals surface area contributed by atoms with Crippen molar-refractivity contribution in [2.45, 2.75) is 0 Å². The zero-order chi connectivity index (χ0) is 15.9. The second-order valence-corrected chi connectivity index (χ2v) is 4.27. The largest absolute Gasteiger partial charge is 0.616 e. The summed E-state index contributed by atoms with van der Waals surface area (Å²) in [6, 6.07) is 9.69. The summed E-state index contributed by atoms with van der Waals surface area (Å²) in [4.78, 5) is 11.8. The van der Waals surface area contributed by atoms with Gasteiger partial charge in [0.15, 0.2) is 24.3 Å². The van der Waals surface area contributed by atoms with Crippen LogP contribution in [0.4, 0.5) is 5.69 Å². The second kappa shape index (κ2) is 7.16. The number of anilines is 1. The molecule has 0 bridgehead atoms. The fraction of sp³-hybridized carbons (Fsp3) is 0.200. The summed E-state index contributed by atoms with van der Waals surface area (Å²) < 4.78 is 16.0. The van der Waals surface area contributed by atoms with Crippen molar-refractivity contribution in [3.8, 4) is 17.4 Å². The molecule has 7 heteroatoms. The van der Waals surface area contributed by atoms with Crippen molar-refractivity contribution in [1.29, 1.82) is 0 Å². The highest BCUT2D eigenvalue weighted by Crippen LogP contribution is 2.29. The number of aromatic nitrogens is 1. The average molecular weight is 304 g/mol. The Balaban J connectivity index is 1.96. The molecule has 7 nitrogen and oxygen atoms in total. The smallest absolute Gasteiger partial charge is 0.379 e.